The number of aromatic nitrogens is 2. The summed E-state index contributed by atoms with van der Waals surface area (Å²) in [4.78, 5) is 12.3. The fourth-order valence-electron chi connectivity index (χ4n) is 2.53. The molecule has 3 rings (SSSR count). The zero-order valence-electron chi connectivity index (χ0n) is 14.7. The van der Waals surface area contributed by atoms with Gasteiger partial charge in [0.05, 0.1) is 5.69 Å². The highest BCUT2D eigenvalue weighted by Gasteiger charge is 2.12. The number of aryl methyl sites for hydroxylation is 2. The van der Waals surface area contributed by atoms with Gasteiger partial charge in [0.1, 0.15) is 23.0 Å². The molecule has 6 heteroatoms. The quantitative estimate of drug-likeness (QED) is 0.732. The lowest BCUT2D eigenvalue weighted by Gasteiger charge is -2.08. The summed E-state index contributed by atoms with van der Waals surface area (Å²) in [7, 11) is 1.76. The van der Waals surface area contributed by atoms with E-state index < -0.39 is 0 Å². The molecule has 134 valence electrons. The molecule has 0 fully saturated rings. The van der Waals surface area contributed by atoms with Crippen LogP contribution in [0.15, 0.2) is 54.6 Å². The van der Waals surface area contributed by atoms with E-state index in [1.807, 2.05) is 19.1 Å². The zero-order chi connectivity index (χ0) is 18.5. The first-order valence-electron chi connectivity index (χ1n) is 8.38. The largest absolute Gasteiger partial charge is 0.457 e. The SMILES string of the molecule is CCc1cc(C(=O)NCc2ccc(Oc3cccc(F)c3)cc2)n(C)n1. The second kappa shape index (κ2) is 7.82. The molecule has 0 spiro atoms. The van der Waals surface area contributed by atoms with Crippen LogP contribution in [0.2, 0.25) is 0 Å². The van der Waals surface area contributed by atoms with Crippen LogP contribution >= 0.6 is 0 Å². The Hall–Kier alpha value is -3.15. The van der Waals surface area contributed by atoms with E-state index in [9.17, 15) is 9.18 Å². The van der Waals surface area contributed by atoms with Crippen molar-refractivity contribution in [2.75, 3.05) is 0 Å². The standard InChI is InChI=1S/C20H20FN3O2/c1-3-16-12-19(24(2)23-16)20(25)22-13-14-7-9-17(10-8-14)26-18-6-4-5-15(21)11-18/h4-12H,3,13H2,1-2H3,(H,22,25). The predicted octanol–water partition coefficient (Wildman–Crippen LogP) is 3.84. The van der Waals surface area contributed by atoms with Crippen LogP contribution in [0.3, 0.4) is 0 Å². The molecular formula is C20H20FN3O2. The number of hydrogen-bond acceptors (Lipinski definition) is 3. The Balaban J connectivity index is 1.59. The summed E-state index contributed by atoms with van der Waals surface area (Å²) in [5.41, 5.74) is 2.35. The molecular weight excluding hydrogens is 333 g/mol. The minimum atomic E-state index is -0.344. The van der Waals surface area contributed by atoms with Crippen molar-refractivity contribution in [2.24, 2.45) is 7.05 Å². The predicted molar refractivity (Wildman–Crippen MR) is 96.7 cm³/mol. The molecule has 26 heavy (non-hydrogen) atoms. The van der Waals surface area contributed by atoms with Gasteiger partial charge in [-0.3, -0.25) is 9.48 Å². The van der Waals surface area contributed by atoms with Crippen LogP contribution in [-0.4, -0.2) is 15.7 Å². The first-order chi connectivity index (χ1) is 12.5. The number of benzene rings is 2. The van der Waals surface area contributed by atoms with Crippen LogP contribution in [0.4, 0.5) is 4.39 Å². The van der Waals surface area contributed by atoms with E-state index >= 15 is 0 Å². The molecule has 0 aliphatic carbocycles. The lowest BCUT2D eigenvalue weighted by atomic mass is 10.2. The number of nitrogens with zero attached hydrogens (tertiary/aromatic N) is 2. The third-order valence-corrected chi connectivity index (χ3v) is 3.93. The van der Waals surface area contributed by atoms with E-state index in [4.69, 9.17) is 4.74 Å². The van der Waals surface area contributed by atoms with Crippen molar-refractivity contribution in [1.29, 1.82) is 0 Å². The third-order valence-electron chi connectivity index (χ3n) is 3.93. The molecule has 1 aromatic heterocycles. The van der Waals surface area contributed by atoms with Gasteiger partial charge in [-0.05, 0) is 42.3 Å². The van der Waals surface area contributed by atoms with Gasteiger partial charge in [-0.15, -0.1) is 0 Å². The number of hydrogen-bond donors (Lipinski definition) is 1. The average Bonchev–Trinajstić information content (AvgIpc) is 3.02. The van der Waals surface area contributed by atoms with Crippen LogP contribution in [0.25, 0.3) is 0 Å². The molecule has 0 unspecified atom stereocenters. The van der Waals surface area contributed by atoms with Crippen molar-refractivity contribution in [3.63, 3.8) is 0 Å². The molecule has 2 aromatic carbocycles. The summed E-state index contributed by atoms with van der Waals surface area (Å²) < 4.78 is 20.4. The first kappa shape index (κ1) is 17.7. The minimum Gasteiger partial charge on any atom is -0.457 e. The van der Waals surface area contributed by atoms with E-state index in [0.29, 0.717) is 23.7 Å². The van der Waals surface area contributed by atoms with Gasteiger partial charge in [0, 0.05) is 19.7 Å². The maximum absolute atomic E-state index is 13.2. The number of halogens is 1. The molecule has 0 saturated heterocycles. The van der Waals surface area contributed by atoms with Crippen LogP contribution in [-0.2, 0) is 20.0 Å². The number of carbonyl (C=O) groups excluding carboxylic acids is 1. The number of amides is 1. The van der Waals surface area contributed by atoms with Crippen LogP contribution in [0.5, 0.6) is 11.5 Å². The van der Waals surface area contributed by atoms with Crippen LogP contribution in [0, 0.1) is 5.82 Å². The number of ether oxygens (including phenoxy) is 1. The molecule has 0 bridgehead atoms. The fraction of sp³-hybridized carbons (Fsp3) is 0.200. The Morgan fingerprint density at radius 2 is 1.92 bits per heavy atom. The Bertz CT molecular complexity index is 904. The van der Waals surface area contributed by atoms with Crippen molar-refractivity contribution in [3.05, 3.63) is 77.4 Å². The van der Waals surface area contributed by atoms with E-state index in [1.165, 1.54) is 12.1 Å². The lowest BCUT2D eigenvalue weighted by Crippen LogP contribution is -2.25. The summed E-state index contributed by atoms with van der Waals surface area (Å²) in [6, 6.07) is 15.1. The molecule has 0 atom stereocenters. The topological polar surface area (TPSA) is 56.1 Å². The minimum absolute atomic E-state index is 0.167. The van der Waals surface area contributed by atoms with Crippen molar-refractivity contribution in [2.45, 2.75) is 19.9 Å². The highest BCUT2D eigenvalue weighted by atomic mass is 19.1. The van der Waals surface area contributed by atoms with E-state index in [1.54, 1.807) is 42.1 Å². The normalized spacial score (nSPS) is 10.6. The summed E-state index contributed by atoms with van der Waals surface area (Å²) in [5.74, 6) is 0.530. The summed E-state index contributed by atoms with van der Waals surface area (Å²) in [5, 5.41) is 7.16. The van der Waals surface area contributed by atoms with Crippen LogP contribution < -0.4 is 10.1 Å². The van der Waals surface area contributed by atoms with E-state index in [0.717, 1.165) is 17.7 Å². The van der Waals surface area contributed by atoms with Crippen molar-refractivity contribution < 1.29 is 13.9 Å². The van der Waals surface area contributed by atoms with E-state index in [-0.39, 0.29) is 11.7 Å². The Kier molecular flexibility index (Phi) is 5.31. The highest BCUT2D eigenvalue weighted by Crippen LogP contribution is 2.22. The molecule has 1 amide bonds. The molecule has 1 heterocycles. The van der Waals surface area contributed by atoms with Gasteiger partial charge in [0.2, 0.25) is 0 Å². The van der Waals surface area contributed by atoms with Gasteiger partial charge in [0.25, 0.3) is 5.91 Å². The maximum atomic E-state index is 13.2. The molecule has 0 aliphatic heterocycles. The maximum Gasteiger partial charge on any atom is 0.269 e. The number of carbonyl (C=O) groups is 1. The number of nitrogens with one attached hydrogen (secondary N) is 1. The number of rotatable bonds is 6. The molecule has 0 radical (unpaired) electrons. The monoisotopic (exact) mass is 353 g/mol. The second-order valence-electron chi connectivity index (χ2n) is 5.88. The molecule has 1 N–H and O–H groups in total. The third kappa shape index (κ3) is 4.27. The smallest absolute Gasteiger partial charge is 0.269 e. The lowest BCUT2D eigenvalue weighted by molar-refractivity contribution is 0.0941. The average molecular weight is 353 g/mol. The molecule has 0 saturated carbocycles. The summed E-state index contributed by atoms with van der Waals surface area (Å²) >= 11 is 0. The second-order valence-corrected chi connectivity index (χ2v) is 5.88. The van der Waals surface area contributed by atoms with Gasteiger partial charge in [-0.2, -0.15) is 5.10 Å². The van der Waals surface area contributed by atoms with Gasteiger partial charge < -0.3 is 10.1 Å². The summed E-state index contributed by atoms with van der Waals surface area (Å²) in [6.07, 6.45) is 0.786. The highest BCUT2D eigenvalue weighted by molar-refractivity contribution is 5.92. The van der Waals surface area contributed by atoms with Gasteiger partial charge in [0.15, 0.2) is 0 Å². The zero-order valence-corrected chi connectivity index (χ0v) is 14.7. The Labute approximate surface area is 151 Å². The molecule has 0 aliphatic rings. The van der Waals surface area contributed by atoms with Crippen molar-refractivity contribution >= 4 is 5.91 Å². The Morgan fingerprint density at radius 1 is 1.15 bits per heavy atom. The molecule has 3 aromatic rings. The fourth-order valence-corrected chi connectivity index (χ4v) is 2.53. The molecule has 5 nitrogen and oxygen atoms in total. The Morgan fingerprint density at radius 3 is 2.58 bits per heavy atom. The van der Waals surface area contributed by atoms with Crippen LogP contribution in [0.1, 0.15) is 28.7 Å². The first-order valence-corrected chi connectivity index (χ1v) is 8.38. The summed E-state index contributed by atoms with van der Waals surface area (Å²) in [6.45, 7) is 2.39. The van der Waals surface area contributed by atoms with E-state index in [2.05, 4.69) is 10.4 Å². The van der Waals surface area contributed by atoms with Crippen molar-refractivity contribution in [3.8, 4) is 11.5 Å². The van der Waals surface area contributed by atoms with Gasteiger partial charge in [-0.1, -0.05) is 25.1 Å². The van der Waals surface area contributed by atoms with Crippen molar-refractivity contribution in [1.82, 2.24) is 15.1 Å². The van der Waals surface area contributed by atoms with Gasteiger partial charge in [-0.25, -0.2) is 4.39 Å². The van der Waals surface area contributed by atoms with Gasteiger partial charge >= 0.3 is 0 Å².